The lowest BCUT2D eigenvalue weighted by Crippen LogP contribution is -2.45. The number of benzene rings is 2. The number of anilines is 2. The molecule has 0 radical (unpaired) electrons. The second-order valence-electron chi connectivity index (χ2n) is 6.45. The van der Waals surface area contributed by atoms with Crippen LogP contribution >= 0.6 is 0 Å². The standard InChI is InChI=1S/C21H26N2O6S/c1-5-28-19-13-11-18(12-14-19)23(30(4,26)27)15(3)20(24)22-17-9-7-16(8-10-17)21(25)29-6-2/h7-15H,5-6H2,1-4H3,(H,22,24)/t15-/m0/s1. The molecule has 1 N–H and O–H groups in total. The highest BCUT2D eigenvalue weighted by atomic mass is 32.2. The van der Waals surface area contributed by atoms with Crippen molar-refractivity contribution < 1.29 is 27.5 Å². The van der Waals surface area contributed by atoms with E-state index in [0.29, 0.717) is 29.3 Å². The quantitative estimate of drug-likeness (QED) is 0.609. The molecule has 0 bridgehead atoms. The van der Waals surface area contributed by atoms with Gasteiger partial charge in [0.25, 0.3) is 0 Å². The van der Waals surface area contributed by atoms with Gasteiger partial charge in [-0.25, -0.2) is 13.2 Å². The zero-order valence-electron chi connectivity index (χ0n) is 17.4. The maximum Gasteiger partial charge on any atom is 0.338 e. The van der Waals surface area contributed by atoms with Crippen LogP contribution in [0.2, 0.25) is 0 Å². The van der Waals surface area contributed by atoms with Crippen LogP contribution in [-0.4, -0.2) is 45.8 Å². The number of nitrogens with one attached hydrogen (secondary N) is 1. The van der Waals surface area contributed by atoms with E-state index < -0.39 is 27.9 Å². The van der Waals surface area contributed by atoms with E-state index in [1.807, 2.05) is 6.92 Å². The summed E-state index contributed by atoms with van der Waals surface area (Å²) >= 11 is 0. The molecule has 0 unspecified atom stereocenters. The predicted molar refractivity (Wildman–Crippen MR) is 115 cm³/mol. The first-order chi connectivity index (χ1) is 14.2. The van der Waals surface area contributed by atoms with Crippen LogP contribution in [0.1, 0.15) is 31.1 Å². The van der Waals surface area contributed by atoms with E-state index in [0.717, 1.165) is 10.6 Å². The molecule has 0 saturated heterocycles. The van der Waals surface area contributed by atoms with Gasteiger partial charge >= 0.3 is 5.97 Å². The number of carbonyl (C=O) groups excluding carboxylic acids is 2. The van der Waals surface area contributed by atoms with Crippen molar-refractivity contribution in [3.63, 3.8) is 0 Å². The van der Waals surface area contributed by atoms with E-state index in [1.54, 1.807) is 43.3 Å². The summed E-state index contributed by atoms with van der Waals surface area (Å²) in [5, 5.41) is 2.67. The monoisotopic (exact) mass is 434 g/mol. The summed E-state index contributed by atoms with van der Waals surface area (Å²) < 4.78 is 36.1. The number of rotatable bonds is 9. The normalized spacial score (nSPS) is 12.0. The Balaban J connectivity index is 2.18. The van der Waals surface area contributed by atoms with E-state index in [4.69, 9.17) is 9.47 Å². The molecule has 0 aliphatic rings. The minimum atomic E-state index is -3.73. The molecule has 2 aromatic rings. The number of sulfonamides is 1. The van der Waals surface area contributed by atoms with Gasteiger partial charge in [0.1, 0.15) is 11.8 Å². The average molecular weight is 435 g/mol. The molecule has 162 valence electrons. The van der Waals surface area contributed by atoms with Gasteiger partial charge in [-0.3, -0.25) is 9.10 Å². The molecule has 2 aromatic carbocycles. The predicted octanol–water partition coefficient (Wildman–Crippen LogP) is 3.06. The van der Waals surface area contributed by atoms with Crippen molar-refractivity contribution in [2.45, 2.75) is 26.8 Å². The van der Waals surface area contributed by atoms with Crippen molar-refractivity contribution in [2.75, 3.05) is 29.1 Å². The fourth-order valence-electron chi connectivity index (χ4n) is 2.82. The van der Waals surface area contributed by atoms with Gasteiger partial charge in [-0.1, -0.05) is 0 Å². The Bertz CT molecular complexity index is 972. The lowest BCUT2D eigenvalue weighted by atomic mass is 10.2. The summed E-state index contributed by atoms with van der Waals surface area (Å²) in [6, 6.07) is 11.6. The van der Waals surface area contributed by atoms with Crippen LogP contribution in [0.3, 0.4) is 0 Å². The smallest absolute Gasteiger partial charge is 0.338 e. The van der Waals surface area contributed by atoms with Gasteiger partial charge < -0.3 is 14.8 Å². The lowest BCUT2D eigenvalue weighted by molar-refractivity contribution is -0.116. The van der Waals surface area contributed by atoms with Crippen molar-refractivity contribution in [2.24, 2.45) is 0 Å². The Morgan fingerprint density at radius 2 is 1.60 bits per heavy atom. The zero-order chi connectivity index (χ0) is 22.3. The number of hydrogen-bond donors (Lipinski definition) is 1. The van der Waals surface area contributed by atoms with Gasteiger partial charge in [0.05, 0.1) is 30.7 Å². The summed E-state index contributed by atoms with van der Waals surface area (Å²) in [4.78, 5) is 24.4. The van der Waals surface area contributed by atoms with Crippen LogP contribution in [-0.2, 0) is 19.6 Å². The van der Waals surface area contributed by atoms with Gasteiger partial charge in [0.2, 0.25) is 15.9 Å². The highest BCUT2D eigenvalue weighted by Crippen LogP contribution is 2.24. The zero-order valence-corrected chi connectivity index (χ0v) is 18.2. The number of hydrogen-bond acceptors (Lipinski definition) is 6. The number of amides is 1. The summed E-state index contributed by atoms with van der Waals surface area (Å²) in [6.07, 6.45) is 1.04. The van der Waals surface area contributed by atoms with Crippen LogP contribution in [0.25, 0.3) is 0 Å². The molecule has 1 atom stereocenters. The SMILES string of the molecule is CCOC(=O)c1ccc(NC(=O)[C@H](C)N(c2ccc(OCC)cc2)S(C)(=O)=O)cc1. The summed E-state index contributed by atoms with van der Waals surface area (Å²) in [5.74, 6) is -0.366. The molecule has 8 nitrogen and oxygen atoms in total. The number of esters is 1. The molecule has 0 aromatic heterocycles. The van der Waals surface area contributed by atoms with E-state index in [2.05, 4.69) is 5.32 Å². The largest absolute Gasteiger partial charge is 0.494 e. The van der Waals surface area contributed by atoms with Crippen LogP contribution in [0.4, 0.5) is 11.4 Å². The minimum absolute atomic E-state index is 0.266. The molecule has 2 rings (SSSR count). The van der Waals surface area contributed by atoms with Crippen molar-refractivity contribution in [3.05, 3.63) is 54.1 Å². The highest BCUT2D eigenvalue weighted by molar-refractivity contribution is 7.92. The van der Waals surface area contributed by atoms with Crippen LogP contribution in [0, 0.1) is 0 Å². The Labute approximate surface area is 176 Å². The highest BCUT2D eigenvalue weighted by Gasteiger charge is 2.29. The van der Waals surface area contributed by atoms with E-state index in [9.17, 15) is 18.0 Å². The molecule has 30 heavy (non-hydrogen) atoms. The van der Waals surface area contributed by atoms with Crippen molar-refractivity contribution in [1.29, 1.82) is 0 Å². The molecular weight excluding hydrogens is 408 g/mol. The lowest BCUT2D eigenvalue weighted by Gasteiger charge is -2.28. The van der Waals surface area contributed by atoms with Crippen LogP contribution < -0.4 is 14.4 Å². The van der Waals surface area contributed by atoms with E-state index in [-0.39, 0.29) is 6.61 Å². The summed E-state index contributed by atoms with van der Waals surface area (Å²) in [5.41, 5.74) is 1.14. The second-order valence-corrected chi connectivity index (χ2v) is 8.31. The topological polar surface area (TPSA) is 102 Å². The van der Waals surface area contributed by atoms with E-state index in [1.165, 1.54) is 19.1 Å². The second kappa shape index (κ2) is 10.1. The van der Waals surface area contributed by atoms with Gasteiger partial charge in [-0.2, -0.15) is 0 Å². The molecule has 9 heteroatoms. The Kier molecular flexibility index (Phi) is 7.82. The van der Waals surface area contributed by atoms with Gasteiger partial charge in [-0.05, 0) is 69.3 Å². The maximum absolute atomic E-state index is 12.7. The van der Waals surface area contributed by atoms with Gasteiger partial charge in [-0.15, -0.1) is 0 Å². The number of carbonyl (C=O) groups is 2. The van der Waals surface area contributed by atoms with Crippen molar-refractivity contribution in [3.8, 4) is 5.75 Å². The van der Waals surface area contributed by atoms with Crippen LogP contribution in [0.15, 0.2) is 48.5 Å². The molecule has 0 aliphatic heterocycles. The molecule has 0 aliphatic carbocycles. The summed E-state index contributed by atoms with van der Waals surface area (Å²) in [7, 11) is -3.73. The molecule has 0 spiro atoms. The fourth-order valence-corrected chi connectivity index (χ4v) is 3.99. The van der Waals surface area contributed by atoms with Gasteiger partial charge in [0.15, 0.2) is 0 Å². The average Bonchev–Trinajstić information content (AvgIpc) is 2.69. The Morgan fingerprint density at radius 1 is 1.00 bits per heavy atom. The van der Waals surface area contributed by atoms with E-state index >= 15 is 0 Å². The fraction of sp³-hybridized carbons (Fsp3) is 0.333. The Hall–Kier alpha value is -3.07. The third kappa shape index (κ3) is 5.96. The number of nitrogens with zero attached hydrogens (tertiary/aromatic N) is 1. The Morgan fingerprint density at radius 3 is 2.10 bits per heavy atom. The first-order valence-corrected chi connectivity index (χ1v) is 11.3. The first kappa shape index (κ1) is 23.2. The molecule has 0 fully saturated rings. The van der Waals surface area contributed by atoms with Crippen molar-refractivity contribution >= 4 is 33.3 Å². The summed E-state index contributed by atoms with van der Waals surface area (Å²) in [6.45, 7) is 5.82. The maximum atomic E-state index is 12.7. The van der Waals surface area contributed by atoms with Gasteiger partial charge in [0, 0.05) is 5.69 Å². The van der Waals surface area contributed by atoms with Crippen LogP contribution in [0.5, 0.6) is 5.75 Å². The number of ether oxygens (including phenoxy) is 2. The first-order valence-electron chi connectivity index (χ1n) is 9.47. The molecule has 0 saturated carbocycles. The molecule has 1 amide bonds. The molecule has 0 heterocycles. The molecular formula is C21H26N2O6S. The minimum Gasteiger partial charge on any atom is -0.494 e. The van der Waals surface area contributed by atoms with Crippen molar-refractivity contribution in [1.82, 2.24) is 0 Å². The third-order valence-electron chi connectivity index (χ3n) is 4.15. The third-order valence-corrected chi connectivity index (χ3v) is 5.40.